The van der Waals surface area contributed by atoms with E-state index in [-0.39, 0.29) is 16.9 Å². The fourth-order valence-corrected chi connectivity index (χ4v) is 9.77. The average Bonchev–Trinajstić information content (AvgIpc) is 3.45. The molecule has 224 valence electrons. The van der Waals surface area contributed by atoms with Crippen molar-refractivity contribution >= 4 is 17.6 Å². The van der Waals surface area contributed by atoms with E-state index < -0.39 is 0 Å². The van der Waals surface area contributed by atoms with Gasteiger partial charge in [-0.3, -0.25) is 9.63 Å². The number of nitrogens with one attached hydrogen (secondary N) is 2. The maximum atomic E-state index is 13.2. The predicted octanol–water partition coefficient (Wildman–Crippen LogP) is 5.95. The highest BCUT2D eigenvalue weighted by Crippen LogP contribution is 2.66. The number of fused-ring (bicyclic) bond motifs is 5. The first-order chi connectivity index (χ1) is 19.0. The van der Waals surface area contributed by atoms with E-state index in [9.17, 15) is 9.59 Å². The van der Waals surface area contributed by atoms with Gasteiger partial charge in [-0.1, -0.05) is 38.4 Å². The Bertz CT molecular complexity index is 1040. The minimum absolute atomic E-state index is 0.204. The van der Waals surface area contributed by atoms with Crippen molar-refractivity contribution in [2.75, 3.05) is 33.2 Å². The lowest BCUT2D eigenvalue weighted by molar-refractivity contribution is -0.117. The Kier molecular flexibility index (Phi) is 8.56. The van der Waals surface area contributed by atoms with Gasteiger partial charge >= 0.3 is 6.09 Å². The average molecular weight is 555 g/mol. The summed E-state index contributed by atoms with van der Waals surface area (Å²) >= 11 is 0. The summed E-state index contributed by atoms with van der Waals surface area (Å²) in [5.41, 5.74) is 3.14. The van der Waals surface area contributed by atoms with E-state index in [1.165, 1.54) is 31.3 Å². The zero-order valence-corrected chi connectivity index (χ0v) is 26.0. The molecular formula is C33H54N4O3. The van der Waals surface area contributed by atoms with Gasteiger partial charge in [0.1, 0.15) is 0 Å². The molecule has 7 nitrogen and oxygen atoms in total. The predicted molar refractivity (Wildman–Crippen MR) is 160 cm³/mol. The number of allylic oxidation sites excluding steroid dienone is 1. The van der Waals surface area contributed by atoms with Gasteiger partial charge in [-0.2, -0.15) is 0 Å². The van der Waals surface area contributed by atoms with E-state index in [0.29, 0.717) is 54.5 Å². The third-order valence-electron chi connectivity index (χ3n) is 12.0. The number of oxime groups is 1. The maximum Gasteiger partial charge on any atom is 0.436 e. The van der Waals surface area contributed by atoms with Crippen LogP contribution in [0.2, 0.25) is 0 Å². The van der Waals surface area contributed by atoms with Gasteiger partial charge in [-0.25, -0.2) is 4.79 Å². The van der Waals surface area contributed by atoms with Crippen LogP contribution in [0.15, 0.2) is 16.8 Å². The number of amides is 1. The van der Waals surface area contributed by atoms with Crippen LogP contribution >= 0.6 is 0 Å². The Balaban J connectivity index is 1.22. The molecule has 40 heavy (non-hydrogen) atoms. The highest BCUT2D eigenvalue weighted by atomic mass is 16.7. The standard InChI is InChI=1S/C33H54N4O3/c1-22(36-40-30(39)37(18-16-34-6)17-13-24-20-31(2,3)21-35-24)27-9-10-28-26-8-7-23-19-25(38)11-14-32(23,4)29(26)12-15-33(27,28)5/h19,24,26-29,34-35H,7-18,20-21H2,1-6H3/b36-22+/t24?,26-,27+,28-,29-,32-,33+/m0/s1. The summed E-state index contributed by atoms with van der Waals surface area (Å²) in [6.07, 6.45) is 12.6. The van der Waals surface area contributed by atoms with Crippen LogP contribution in [0.1, 0.15) is 98.8 Å². The topological polar surface area (TPSA) is 83.0 Å². The lowest BCUT2D eigenvalue weighted by atomic mass is 9.46. The smallest absolute Gasteiger partial charge is 0.318 e. The second-order valence-corrected chi connectivity index (χ2v) is 15.1. The Labute approximate surface area is 242 Å². The van der Waals surface area contributed by atoms with Crippen molar-refractivity contribution < 1.29 is 14.4 Å². The quantitative estimate of drug-likeness (QED) is 0.220. The molecule has 2 N–H and O–H groups in total. The Morgan fingerprint density at radius 2 is 1.90 bits per heavy atom. The fourth-order valence-electron chi connectivity index (χ4n) is 9.77. The highest BCUT2D eigenvalue weighted by Gasteiger charge is 2.59. The number of rotatable bonds is 8. The molecule has 7 atom stereocenters. The second kappa shape index (κ2) is 11.5. The molecule has 5 aliphatic rings. The van der Waals surface area contributed by atoms with E-state index >= 15 is 0 Å². The molecule has 1 amide bonds. The molecule has 1 heterocycles. The first-order valence-corrected chi connectivity index (χ1v) is 16.1. The van der Waals surface area contributed by atoms with Crippen LogP contribution in [0.4, 0.5) is 4.79 Å². The van der Waals surface area contributed by atoms with Crippen molar-refractivity contribution in [1.82, 2.24) is 15.5 Å². The van der Waals surface area contributed by atoms with Crippen molar-refractivity contribution in [3.63, 3.8) is 0 Å². The molecular weight excluding hydrogens is 500 g/mol. The number of hydrogen-bond donors (Lipinski definition) is 2. The Hall–Kier alpha value is -1.73. The molecule has 4 aliphatic carbocycles. The minimum atomic E-state index is -0.332. The van der Waals surface area contributed by atoms with E-state index in [1.54, 1.807) is 0 Å². The second-order valence-electron chi connectivity index (χ2n) is 15.1. The molecule has 1 aliphatic heterocycles. The number of hydrogen-bond acceptors (Lipinski definition) is 6. The summed E-state index contributed by atoms with van der Waals surface area (Å²) in [5.74, 6) is 2.79. The van der Waals surface area contributed by atoms with Gasteiger partial charge in [0.25, 0.3) is 0 Å². The Morgan fingerprint density at radius 1 is 1.10 bits per heavy atom. The van der Waals surface area contributed by atoms with Crippen LogP contribution in [0.25, 0.3) is 0 Å². The summed E-state index contributed by atoms with van der Waals surface area (Å²) in [7, 11) is 1.91. The van der Waals surface area contributed by atoms with Gasteiger partial charge in [0, 0.05) is 44.6 Å². The zero-order valence-electron chi connectivity index (χ0n) is 26.0. The number of ketones is 1. The van der Waals surface area contributed by atoms with Gasteiger partial charge in [-0.15, -0.1) is 0 Å². The molecule has 4 fully saturated rings. The number of likely N-dealkylation sites (N-methyl/N-ethyl adjacent to an activating group) is 1. The maximum absolute atomic E-state index is 13.2. The SMILES string of the molecule is CNCCN(CCC1CC(C)(C)CN1)C(=O)O/N=C(\C)[C@H]1CC[C@H]2[C@@H]3CCC4=CC(=O)CC[C@]4(C)[C@H]3CC[C@]12C. The van der Waals surface area contributed by atoms with Crippen molar-refractivity contribution in [2.24, 2.45) is 45.1 Å². The van der Waals surface area contributed by atoms with Crippen LogP contribution in [0, 0.1) is 39.9 Å². The number of nitrogens with zero attached hydrogens (tertiary/aromatic N) is 2. The van der Waals surface area contributed by atoms with E-state index in [2.05, 4.69) is 50.4 Å². The molecule has 0 spiro atoms. The van der Waals surface area contributed by atoms with Gasteiger partial charge in [-0.05, 0) is 112 Å². The van der Waals surface area contributed by atoms with Crippen LogP contribution in [0.5, 0.6) is 0 Å². The van der Waals surface area contributed by atoms with Crippen molar-refractivity contribution in [1.29, 1.82) is 0 Å². The minimum Gasteiger partial charge on any atom is -0.318 e. The van der Waals surface area contributed by atoms with Gasteiger partial charge in [0.05, 0.1) is 5.71 Å². The normalized spacial score (nSPS) is 38.8. The highest BCUT2D eigenvalue weighted by molar-refractivity contribution is 5.91. The van der Waals surface area contributed by atoms with Crippen LogP contribution in [-0.2, 0) is 9.63 Å². The first-order valence-electron chi connectivity index (χ1n) is 16.1. The van der Waals surface area contributed by atoms with Gasteiger partial charge < -0.3 is 15.5 Å². The van der Waals surface area contributed by atoms with Crippen molar-refractivity contribution in [2.45, 2.75) is 105 Å². The molecule has 1 unspecified atom stereocenters. The molecule has 7 heteroatoms. The summed E-state index contributed by atoms with van der Waals surface area (Å²) in [4.78, 5) is 32.8. The third kappa shape index (κ3) is 5.66. The molecule has 0 radical (unpaired) electrons. The molecule has 0 aromatic heterocycles. The lowest BCUT2D eigenvalue weighted by Crippen LogP contribution is -2.51. The fraction of sp³-hybridized carbons (Fsp3) is 0.848. The van der Waals surface area contributed by atoms with Crippen LogP contribution < -0.4 is 10.6 Å². The molecule has 3 saturated carbocycles. The summed E-state index contributed by atoms with van der Waals surface area (Å²) in [5, 5.41) is 11.3. The van der Waals surface area contributed by atoms with Crippen molar-refractivity contribution in [3.05, 3.63) is 11.6 Å². The first kappa shape index (κ1) is 29.8. The van der Waals surface area contributed by atoms with Crippen LogP contribution in [-0.4, -0.2) is 61.8 Å². The van der Waals surface area contributed by atoms with E-state index in [0.717, 1.165) is 56.8 Å². The number of carbonyl (C=O) groups excluding carboxylic acids is 2. The zero-order chi connectivity index (χ0) is 28.7. The summed E-state index contributed by atoms with van der Waals surface area (Å²) < 4.78 is 0. The van der Waals surface area contributed by atoms with E-state index in [4.69, 9.17) is 4.84 Å². The van der Waals surface area contributed by atoms with Gasteiger partial charge in [0.2, 0.25) is 0 Å². The monoisotopic (exact) mass is 554 g/mol. The summed E-state index contributed by atoms with van der Waals surface area (Å²) in [6.45, 7) is 14.7. The summed E-state index contributed by atoms with van der Waals surface area (Å²) in [6, 6.07) is 0.443. The molecule has 0 bridgehead atoms. The number of carbonyl (C=O) groups is 2. The molecule has 0 aromatic rings. The lowest BCUT2D eigenvalue weighted by Gasteiger charge is -2.58. The largest absolute Gasteiger partial charge is 0.436 e. The third-order valence-corrected chi connectivity index (χ3v) is 12.0. The molecule has 0 aromatic carbocycles. The van der Waals surface area contributed by atoms with Crippen molar-refractivity contribution in [3.8, 4) is 0 Å². The molecule has 5 rings (SSSR count). The van der Waals surface area contributed by atoms with Crippen LogP contribution in [0.3, 0.4) is 0 Å². The van der Waals surface area contributed by atoms with E-state index in [1.807, 2.05) is 18.0 Å². The van der Waals surface area contributed by atoms with Gasteiger partial charge in [0.15, 0.2) is 5.78 Å². The Morgan fingerprint density at radius 3 is 2.62 bits per heavy atom. The molecule has 1 saturated heterocycles.